The molecule has 0 aliphatic carbocycles. The van der Waals surface area contributed by atoms with E-state index in [2.05, 4.69) is 5.43 Å². The Morgan fingerprint density at radius 1 is 1.55 bits per heavy atom. The van der Waals surface area contributed by atoms with Gasteiger partial charge < -0.3 is 0 Å². The Morgan fingerprint density at radius 3 is 2.73 bits per heavy atom. The lowest BCUT2D eigenvalue weighted by Crippen LogP contribution is -2.25. The van der Waals surface area contributed by atoms with Crippen molar-refractivity contribution in [1.82, 2.24) is 5.43 Å². The summed E-state index contributed by atoms with van der Waals surface area (Å²) >= 11 is 0. The highest BCUT2D eigenvalue weighted by molar-refractivity contribution is 7.91. The molecule has 11 heavy (non-hydrogen) atoms. The Kier molecular flexibility index (Phi) is 2.86. The Hall–Kier alpha value is -0.130. The summed E-state index contributed by atoms with van der Waals surface area (Å²) in [6, 6.07) is 0. The van der Waals surface area contributed by atoms with Gasteiger partial charge in [-0.2, -0.15) is 0 Å². The summed E-state index contributed by atoms with van der Waals surface area (Å²) in [5, 5.41) is 0. The SMILES string of the molecule is NNCCC1CCS(=O)(=O)C1. The van der Waals surface area contributed by atoms with Crippen LogP contribution in [-0.2, 0) is 9.84 Å². The molecular weight excluding hydrogens is 164 g/mol. The molecule has 0 bridgehead atoms. The molecule has 0 aromatic carbocycles. The highest BCUT2D eigenvalue weighted by Gasteiger charge is 2.26. The molecule has 1 atom stereocenters. The van der Waals surface area contributed by atoms with E-state index in [0.717, 1.165) is 12.8 Å². The van der Waals surface area contributed by atoms with Crippen molar-refractivity contribution in [3.05, 3.63) is 0 Å². The van der Waals surface area contributed by atoms with Crippen molar-refractivity contribution < 1.29 is 8.42 Å². The minimum Gasteiger partial charge on any atom is -0.271 e. The van der Waals surface area contributed by atoms with Crippen molar-refractivity contribution in [2.45, 2.75) is 12.8 Å². The number of hydrazine groups is 1. The van der Waals surface area contributed by atoms with Gasteiger partial charge >= 0.3 is 0 Å². The number of sulfone groups is 1. The molecule has 0 aromatic heterocycles. The van der Waals surface area contributed by atoms with Crippen molar-refractivity contribution in [2.75, 3.05) is 18.1 Å². The Balaban J connectivity index is 2.31. The zero-order chi connectivity index (χ0) is 8.32. The fraction of sp³-hybridized carbons (Fsp3) is 1.00. The molecule has 66 valence electrons. The van der Waals surface area contributed by atoms with Gasteiger partial charge in [0.2, 0.25) is 0 Å². The third-order valence-electron chi connectivity index (χ3n) is 2.02. The zero-order valence-corrected chi connectivity index (χ0v) is 7.23. The average molecular weight is 178 g/mol. The van der Waals surface area contributed by atoms with Gasteiger partial charge in [-0.15, -0.1) is 0 Å². The van der Waals surface area contributed by atoms with Gasteiger partial charge in [-0.3, -0.25) is 11.3 Å². The molecule has 0 amide bonds. The smallest absolute Gasteiger partial charge is 0.150 e. The van der Waals surface area contributed by atoms with E-state index in [1.807, 2.05) is 0 Å². The van der Waals surface area contributed by atoms with Gasteiger partial charge in [0.1, 0.15) is 0 Å². The molecule has 1 rings (SSSR count). The highest BCUT2D eigenvalue weighted by atomic mass is 32.2. The molecule has 4 nitrogen and oxygen atoms in total. The van der Waals surface area contributed by atoms with Crippen LogP contribution >= 0.6 is 0 Å². The van der Waals surface area contributed by atoms with Crippen LogP contribution in [0.3, 0.4) is 0 Å². The monoisotopic (exact) mass is 178 g/mol. The maximum Gasteiger partial charge on any atom is 0.150 e. The molecule has 1 unspecified atom stereocenters. The summed E-state index contributed by atoms with van der Waals surface area (Å²) in [7, 11) is -2.69. The number of nitrogens with two attached hydrogens (primary N) is 1. The lowest BCUT2D eigenvalue weighted by molar-refractivity contribution is 0.515. The second-order valence-electron chi connectivity index (χ2n) is 3.01. The van der Waals surface area contributed by atoms with Crippen LogP contribution in [0, 0.1) is 5.92 Å². The summed E-state index contributed by atoms with van der Waals surface area (Å²) in [4.78, 5) is 0. The molecule has 1 fully saturated rings. The van der Waals surface area contributed by atoms with Crippen molar-refractivity contribution >= 4 is 9.84 Å². The average Bonchev–Trinajstić information content (AvgIpc) is 2.26. The first-order valence-corrected chi connectivity index (χ1v) is 5.60. The van der Waals surface area contributed by atoms with Gasteiger partial charge in [0, 0.05) is 6.54 Å². The van der Waals surface area contributed by atoms with Crippen LogP contribution in [0.1, 0.15) is 12.8 Å². The lowest BCUT2D eigenvalue weighted by Gasteiger charge is -2.04. The Bertz CT molecular complexity index is 213. The minimum atomic E-state index is -2.69. The number of rotatable bonds is 3. The van der Waals surface area contributed by atoms with Crippen LogP contribution in [0.2, 0.25) is 0 Å². The zero-order valence-electron chi connectivity index (χ0n) is 6.41. The highest BCUT2D eigenvalue weighted by Crippen LogP contribution is 2.20. The van der Waals surface area contributed by atoms with Gasteiger partial charge in [0.15, 0.2) is 9.84 Å². The standard InChI is InChI=1S/C6H14N2O2S/c7-8-3-1-6-2-4-11(9,10)5-6/h6,8H,1-5,7H2. The first-order valence-electron chi connectivity index (χ1n) is 3.78. The molecule has 3 N–H and O–H groups in total. The van der Waals surface area contributed by atoms with E-state index in [4.69, 9.17) is 5.84 Å². The van der Waals surface area contributed by atoms with E-state index in [0.29, 0.717) is 24.0 Å². The summed E-state index contributed by atoms with van der Waals surface area (Å²) in [5.41, 5.74) is 2.53. The van der Waals surface area contributed by atoms with Crippen LogP contribution in [0.25, 0.3) is 0 Å². The van der Waals surface area contributed by atoms with Crippen LogP contribution in [0.4, 0.5) is 0 Å². The van der Waals surface area contributed by atoms with Crippen LogP contribution in [-0.4, -0.2) is 26.5 Å². The second kappa shape index (κ2) is 3.51. The summed E-state index contributed by atoms with van der Waals surface area (Å²) in [5.74, 6) is 6.12. The van der Waals surface area contributed by atoms with Crippen LogP contribution < -0.4 is 11.3 Å². The quantitative estimate of drug-likeness (QED) is 0.441. The van der Waals surface area contributed by atoms with E-state index in [-0.39, 0.29) is 0 Å². The van der Waals surface area contributed by atoms with Gasteiger partial charge in [-0.25, -0.2) is 8.42 Å². The van der Waals surface area contributed by atoms with E-state index < -0.39 is 9.84 Å². The molecule has 1 aliphatic rings. The number of hydrogen-bond donors (Lipinski definition) is 2. The Morgan fingerprint density at radius 2 is 2.27 bits per heavy atom. The molecule has 1 aliphatic heterocycles. The van der Waals surface area contributed by atoms with E-state index in [1.54, 1.807) is 0 Å². The normalized spacial score (nSPS) is 29.0. The molecule has 5 heteroatoms. The molecule has 0 aromatic rings. The van der Waals surface area contributed by atoms with Gasteiger partial charge in [-0.05, 0) is 18.8 Å². The van der Waals surface area contributed by atoms with Gasteiger partial charge in [0.25, 0.3) is 0 Å². The third-order valence-corrected chi connectivity index (χ3v) is 3.86. The second-order valence-corrected chi connectivity index (χ2v) is 5.24. The Labute approximate surface area is 67.0 Å². The van der Waals surface area contributed by atoms with Gasteiger partial charge in [-0.1, -0.05) is 0 Å². The minimum absolute atomic E-state index is 0.330. The molecular formula is C6H14N2O2S. The number of hydrogen-bond acceptors (Lipinski definition) is 4. The van der Waals surface area contributed by atoms with Gasteiger partial charge in [0.05, 0.1) is 11.5 Å². The molecule has 0 radical (unpaired) electrons. The maximum atomic E-state index is 11.0. The molecule has 0 spiro atoms. The van der Waals surface area contributed by atoms with Crippen LogP contribution in [0.15, 0.2) is 0 Å². The van der Waals surface area contributed by atoms with Crippen molar-refractivity contribution in [2.24, 2.45) is 11.8 Å². The summed E-state index contributed by atoms with van der Waals surface area (Å²) in [6.45, 7) is 0.709. The first-order chi connectivity index (χ1) is 5.14. The molecule has 1 heterocycles. The summed E-state index contributed by atoms with van der Waals surface area (Å²) in [6.07, 6.45) is 1.68. The largest absolute Gasteiger partial charge is 0.271 e. The van der Waals surface area contributed by atoms with Crippen molar-refractivity contribution in [1.29, 1.82) is 0 Å². The van der Waals surface area contributed by atoms with E-state index in [9.17, 15) is 8.42 Å². The molecule has 0 saturated carbocycles. The summed E-state index contributed by atoms with van der Waals surface area (Å²) < 4.78 is 21.9. The topological polar surface area (TPSA) is 72.2 Å². The van der Waals surface area contributed by atoms with Crippen LogP contribution in [0.5, 0.6) is 0 Å². The first kappa shape index (κ1) is 8.96. The number of nitrogens with one attached hydrogen (secondary N) is 1. The predicted octanol–water partition coefficient (Wildman–Crippen LogP) is -0.726. The van der Waals surface area contributed by atoms with E-state index in [1.165, 1.54) is 0 Å². The lowest BCUT2D eigenvalue weighted by atomic mass is 10.1. The predicted molar refractivity (Wildman–Crippen MR) is 43.6 cm³/mol. The van der Waals surface area contributed by atoms with Crippen molar-refractivity contribution in [3.8, 4) is 0 Å². The fourth-order valence-electron chi connectivity index (χ4n) is 1.39. The van der Waals surface area contributed by atoms with Crippen molar-refractivity contribution in [3.63, 3.8) is 0 Å². The van der Waals surface area contributed by atoms with E-state index >= 15 is 0 Å². The fourth-order valence-corrected chi connectivity index (χ4v) is 3.30. The maximum absolute atomic E-state index is 11.0. The third kappa shape index (κ3) is 2.76. The molecule has 1 saturated heterocycles.